The fourth-order valence-electron chi connectivity index (χ4n) is 3.43. The van der Waals surface area contributed by atoms with Crippen LogP contribution in [-0.4, -0.2) is 26.2 Å². The second-order valence-electron chi connectivity index (χ2n) is 7.34. The van der Waals surface area contributed by atoms with Crippen LogP contribution in [0.4, 0.5) is 5.69 Å². The molecule has 2 aromatic carbocycles. The fraction of sp³-hybridized carbons (Fsp3) is 0.208. The average molecular weight is 511 g/mol. The first kappa shape index (κ1) is 22.4. The molecule has 8 heteroatoms. The summed E-state index contributed by atoms with van der Waals surface area (Å²) in [5, 5.41) is 3.44. The van der Waals surface area contributed by atoms with E-state index < -0.39 is 0 Å². The van der Waals surface area contributed by atoms with Crippen molar-refractivity contribution in [1.29, 1.82) is 0 Å². The number of carbonyl (C=O) groups is 1. The number of hydrogen-bond acceptors (Lipinski definition) is 4. The van der Waals surface area contributed by atoms with Gasteiger partial charge in [-0.05, 0) is 30.2 Å². The molecule has 2 heterocycles. The summed E-state index contributed by atoms with van der Waals surface area (Å²) in [6.07, 6.45) is 3.64. The summed E-state index contributed by atoms with van der Waals surface area (Å²) in [5.41, 5.74) is 3.59. The number of rotatable bonds is 8. The number of fused-ring (bicyclic) bond motifs is 1. The Kier molecular flexibility index (Phi) is 7.12. The van der Waals surface area contributed by atoms with Crippen molar-refractivity contribution < 1.29 is 4.79 Å². The van der Waals surface area contributed by atoms with Gasteiger partial charge in [-0.2, -0.15) is 0 Å². The monoisotopic (exact) mass is 510 g/mol. The smallest absolute Gasteiger partial charge is 0.278 e. The number of unbranched alkanes of at least 4 members (excludes halogenated alkanes) is 1. The number of thioether (sulfide) groups is 1. The van der Waals surface area contributed by atoms with Gasteiger partial charge in [0.05, 0.1) is 5.75 Å². The molecule has 1 amide bonds. The van der Waals surface area contributed by atoms with Crippen molar-refractivity contribution >= 4 is 50.3 Å². The minimum atomic E-state index is -0.151. The van der Waals surface area contributed by atoms with Crippen LogP contribution in [0, 0.1) is 0 Å². The van der Waals surface area contributed by atoms with E-state index in [4.69, 9.17) is 4.98 Å². The van der Waals surface area contributed by atoms with Crippen molar-refractivity contribution in [2.75, 3.05) is 11.1 Å². The SMILES string of the molecule is CCCCn1c(SCC(=O)Nc2cccc(Br)c2)nc2c(-c3ccccc3)c[nH]c2c1=O. The number of anilines is 1. The van der Waals surface area contributed by atoms with E-state index in [1.807, 2.05) is 60.8 Å². The summed E-state index contributed by atoms with van der Waals surface area (Å²) in [7, 11) is 0. The Labute approximate surface area is 198 Å². The highest BCUT2D eigenvalue weighted by Crippen LogP contribution is 2.28. The third kappa shape index (κ3) is 4.97. The van der Waals surface area contributed by atoms with Gasteiger partial charge < -0.3 is 10.3 Å². The second-order valence-corrected chi connectivity index (χ2v) is 9.20. The number of carbonyl (C=O) groups excluding carboxylic acids is 1. The molecule has 0 saturated carbocycles. The van der Waals surface area contributed by atoms with Crippen molar-refractivity contribution in [3.63, 3.8) is 0 Å². The third-order valence-corrected chi connectivity index (χ3v) is 6.48. The van der Waals surface area contributed by atoms with Gasteiger partial charge >= 0.3 is 0 Å². The molecule has 32 heavy (non-hydrogen) atoms. The van der Waals surface area contributed by atoms with Crippen LogP contribution in [0.1, 0.15) is 19.8 Å². The largest absolute Gasteiger partial charge is 0.355 e. The Hall–Kier alpha value is -2.84. The van der Waals surface area contributed by atoms with Crippen molar-refractivity contribution in [3.05, 3.63) is 75.6 Å². The lowest BCUT2D eigenvalue weighted by Gasteiger charge is -2.12. The molecule has 4 aromatic rings. The first-order chi connectivity index (χ1) is 15.6. The Bertz CT molecular complexity index is 1300. The molecule has 0 radical (unpaired) electrons. The second kappa shape index (κ2) is 10.2. The van der Waals surface area contributed by atoms with Crippen LogP contribution in [0.2, 0.25) is 0 Å². The molecule has 4 rings (SSSR count). The van der Waals surface area contributed by atoms with Crippen molar-refractivity contribution in [3.8, 4) is 11.1 Å². The first-order valence-electron chi connectivity index (χ1n) is 10.4. The molecule has 164 valence electrons. The first-order valence-corrected chi connectivity index (χ1v) is 12.2. The Morgan fingerprint density at radius 1 is 1.19 bits per heavy atom. The fourth-order valence-corrected chi connectivity index (χ4v) is 4.64. The number of amides is 1. The van der Waals surface area contributed by atoms with E-state index in [0.717, 1.165) is 28.4 Å². The zero-order chi connectivity index (χ0) is 22.5. The molecule has 2 aromatic heterocycles. The van der Waals surface area contributed by atoms with E-state index in [-0.39, 0.29) is 17.2 Å². The molecule has 0 aliphatic rings. The summed E-state index contributed by atoms with van der Waals surface area (Å²) < 4.78 is 2.57. The minimum Gasteiger partial charge on any atom is -0.355 e. The maximum absolute atomic E-state index is 13.2. The lowest BCUT2D eigenvalue weighted by molar-refractivity contribution is -0.113. The highest BCUT2D eigenvalue weighted by atomic mass is 79.9. The zero-order valence-electron chi connectivity index (χ0n) is 17.6. The van der Waals surface area contributed by atoms with Crippen molar-refractivity contribution in [1.82, 2.24) is 14.5 Å². The summed E-state index contributed by atoms with van der Waals surface area (Å²) in [5.74, 6) is 0.00337. The Morgan fingerprint density at radius 2 is 2.00 bits per heavy atom. The van der Waals surface area contributed by atoms with E-state index in [1.165, 1.54) is 11.8 Å². The lowest BCUT2D eigenvalue weighted by atomic mass is 10.1. The normalized spacial score (nSPS) is 11.1. The average Bonchev–Trinajstić information content (AvgIpc) is 3.22. The molecule has 0 unspecified atom stereocenters. The number of nitrogens with one attached hydrogen (secondary N) is 2. The Balaban J connectivity index is 1.65. The van der Waals surface area contributed by atoms with E-state index in [2.05, 4.69) is 33.2 Å². The number of aromatic amines is 1. The summed E-state index contributed by atoms with van der Waals surface area (Å²) in [6, 6.07) is 17.3. The van der Waals surface area contributed by atoms with Gasteiger partial charge in [0.1, 0.15) is 11.0 Å². The van der Waals surface area contributed by atoms with Gasteiger partial charge in [0.15, 0.2) is 5.16 Å². The van der Waals surface area contributed by atoms with Crippen molar-refractivity contribution in [2.45, 2.75) is 31.5 Å². The standard InChI is InChI=1S/C24H23BrN4O2S/c1-2-3-12-29-23(31)22-21(19(14-26-22)16-8-5-4-6-9-16)28-24(29)32-15-20(30)27-18-11-7-10-17(25)13-18/h4-11,13-14,26H,2-3,12,15H2,1H3,(H,27,30). The zero-order valence-corrected chi connectivity index (χ0v) is 20.0. The maximum atomic E-state index is 13.2. The van der Waals surface area contributed by atoms with Gasteiger partial charge in [-0.15, -0.1) is 0 Å². The molecule has 0 bridgehead atoms. The van der Waals surface area contributed by atoms with E-state index in [0.29, 0.717) is 28.4 Å². The molecule has 2 N–H and O–H groups in total. The molecule has 0 atom stereocenters. The van der Waals surface area contributed by atoms with E-state index in [9.17, 15) is 9.59 Å². The van der Waals surface area contributed by atoms with Crippen LogP contribution in [0.3, 0.4) is 0 Å². The van der Waals surface area contributed by atoms with Crippen LogP contribution in [0.5, 0.6) is 0 Å². The molecule has 0 spiro atoms. The van der Waals surface area contributed by atoms with Crippen LogP contribution in [-0.2, 0) is 11.3 Å². The number of hydrogen-bond donors (Lipinski definition) is 2. The minimum absolute atomic E-state index is 0.111. The van der Waals surface area contributed by atoms with Crippen LogP contribution >= 0.6 is 27.7 Å². The van der Waals surface area contributed by atoms with Gasteiger partial charge in [0.2, 0.25) is 5.91 Å². The van der Waals surface area contributed by atoms with Crippen LogP contribution in [0.15, 0.2) is 75.2 Å². The van der Waals surface area contributed by atoms with Crippen LogP contribution in [0.25, 0.3) is 22.2 Å². The van der Waals surface area contributed by atoms with Gasteiger partial charge in [0, 0.05) is 28.5 Å². The Morgan fingerprint density at radius 3 is 2.75 bits per heavy atom. The van der Waals surface area contributed by atoms with Gasteiger partial charge in [-0.25, -0.2) is 4.98 Å². The maximum Gasteiger partial charge on any atom is 0.278 e. The number of H-pyrrole nitrogens is 1. The highest BCUT2D eigenvalue weighted by Gasteiger charge is 2.17. The highest BCUT2D eigenvalue weighted by molar-refractivity contribution is 9.10. The van der Waals surface area contributed by atoms with Gasteiger partial charge in [-0.1, -0.05) is 77.4 Å². The predicted octanol–water partition coefficient (Wildman–Crippen LogP) is 5.69. The molecular weight excluding hydrogens is 488 g/mol. The molecular formula is C24H23BrN4O2S. The lowest BCUT2D eigenvalue weighted by Crippen LogP contribution is -2.24. The number of aromatic nitrogens is 3. The number of halogens is 1. The molecule has 6 nitrogen and oxygen atoms in total. The summed E-state index contributed by atoms with van der Waals surface area (Å²) >= 11 is 4.69. The van der Waals surface area contributed by atoms with E-state index in [1.54, 1.807) is 4.57 Å². The molecule has 0 aliphatic heterocycles. The van der Waals surface area contributed by atoms with Gasteiger partial charge in [-0.3, -0.25) is 14.2 Å². The van der Waals surface area contributed by atoms with Crippen molar-refractivity contribution in [2.24, 2.45) is 0 Å². The number of nitrogens with zero attached hydrogens (tertiary/aromatic N) is 2. The van der Waals surface area contributed by atoms with Crippen LogP contribution < -0.4 is 10.9 Å². The third-order valence-electron chi connectivity index (χ3n) is 5.01. The predicted molar refractivity (Wildman–Crippen MR) is 134 cm³/mol. The van der Waals surface area contributed by atoms with Gasteiger partial charge in [0.25, 0.3) is 5.56 Å². The number of benzene rings is 2. The topological polar surface area (TPSA) is 79.8 Å². The molecule has 0 saturated heterocycles. The molecule has 0 fully saturated rings. The van der Waals surface area contributed by atoms with E-state index >= 15 is 0 Å². The summed E-state index contributed by atoms with van der Waals surface area (Å²) in [6.45, 7) is 2.64. The summed E-state index contributed by atoms with van der Waals surface area (Å²) in [4.78, 5) is 33.7. The molecule has 0 aliphatic carbocycles. The quantitative estimate of drug-likeness (QED) is 0.236.